The molecule has 2 amide bonds. The molecule has 1 unspecified atom stereocenters. The Hall–Kier alpha value is -2.34. The van der Waals surface area contributed by atoms with Gasteiger partial charge in [-0.1, -0.05) is 32.0 Å². The summed E-state index contributed by atoms with van der Waals surface area (Å²) in [7, 11) is 0. The van der Waals surface area contributed by atoms with E-state index in [1.807, 2.05) is 58.0 Å². The van der Waals surface area contributed by atoms with Crippen molar-refractivity contribution in [1.82, 2.24) is 10.2 Å². The monoisotopic (exact) mass is 345 g/mol. The van der Waals surface area contributed by atoms with Crippen molar-refractivity contribution in [2.45, 2.75) is 39.8 Å². The van der Waals surface area contributed by atoms with Gasteiger partial charge in [0.1, 0.15) is 11.3 Å². The van der Waals surface area contributed by atoms with Crippen molar-refractivity contribution >= 4 is 22.8 Å². The highest BCUT2D eigenvalue weighted by Crippen LogP contribution is 2.27. The molecule has 0 fully saturated rings. The van der Waals surface area contributed by atoms with Gasteiger partial charge in [0, 0.05) is 11.9 Å². The molecule has 2 aromatic rings. The molecule has 0 radical (unpaired) electrons. The van der Waals surface area contributed by atoms with Gasteiger partial charge >= 0.3 is 0 Å². The minimum absolute atomic E-state index is 0.0202. The molecule has 2 rings (SSSR count). The molecule has 0 aliphatic carbocycles. The van der Waals surface area contributed by atoms with Gasteiger partial charge < -0.3 is 20.4 Å². The molecule has 136 valence electrons. The fourth-order valence-corrected chi connectivity index (χ4v) is 2.71. The number of benzene rings is 1. The van der Waals surface area contributed by atoms with Gasteiger partial charge in [0.05, 0.1) is 18.6 Å². The quantitative estimate of drug-likeness (QED) is 0.807. The maximum atomic E-state index is 12.5. The molecular formula is C19H27N3O3. The molecule has 2 atom stereocenters. The highest BCUT2D eigenvalue weighted by Gasteiger charge is 2.24. The van der Waals surface area contributed by atoms with Crippen LogP contribution in [0.4, 0.5) is 0 Å². The summed E-state index contributed by atoms with van der Waals surface area (Å²) in [6, 6.07) is 8.84. The summed E-state index contributed by atoms with van der Waals surface area (Å²) >= 11 is 0. The Bertz CT molecular complexity index is 705. The first kappa shape index (κ1) is 19.0. The summed E-state index contributed by atoms with van der Waals surface area (Å²) in [6.07, 6.45) is 0. The van der Waals surface area contributed by atoms with Crippen LogP contribution in [0, 0.1) is 5.92 Å². The molecule has 1 heterocycles. The van der Waals surface area contributed by atoms with Crippen molar-refractivity contribution in [3.8, 4) is 0 Å². The number of hydrogen-bond acceptors (Lipinski definition) is 4. The number of furan rings is 1. The molecule has 1 aromatic carbocycles. The van der Waals surface area contributed by atoms with Crippen LogP contribution < -0.4 is 11.1 Å². The van der Waals surface area contributed by atoms with Crippen LogP contribution in [-0.2, 0) is 9.59 Å². The minimum atomic E-state index is -0.615. The molecule has 0 spiro atoms. The van der Waals surface area contributed by atoms with E-state index in [2.05, 4.69) is 5.32 Å². The van der Waals surface area contributed by atoms with E-state index in [9.17, 15) is 9.59 Å². The Morgan fingerprint density at radius 2 is 1.92 bits per heavy atom. The van der Waals surface area contributed by atoms with Crippen molar-refractivity contribution in [3.05, 3.63) is 36.1 Å². The van der Waals surface area contributed by atoms with Crippen molar-refractivity contribution in [3.63, 3.8) is 0 Å². The van der Waals surface area contributed by atoms with Gasteiger partial charge in [-0.15, -0.1) is 0 Å². The van der Waals surface area contributed by atoms with Crippen LogP contribution >= 0.6 is 0 Å². The van der Waals surface area contributed by atoms with Crippen LogP contribution in [-0.4, -0.2) is 35.8 Å². The lowest BCUT2D eigenvalue weighted by molar-refractivity contribution is -0.135. The van der Waals surface area contributed by atoms with E-state index in [1.54, 1.807) is 4.90 Å². The average Bonchev–Trinajstić information content (AvgIpc) is 3.03. The highest BCUT2D eigenvalue weighted by molar-refractivity contribution is 5.87. The molecule has 3 N–H and O–H groups in total. The van der Waals surface area contributed by atoms with E-state index >= 15 is 0 Å². The third kappa shape index (κ3) is 4.39. The number of amides is 2. The Balaban J connectivity index is 2.04. The first-order valence-electron chi connectivity index (χ1n) is 8.66. The normalized spacial score (nSPS) is 13.7. The number of fused-ring (bicyclic) bond motifs is 1. The summed E-state index contributed by atoms with van der Waals surface area (Å²) in [4.78, 5) is 26.1. The van der Waals surface area contributed by atoms with E-state index in [0.29, 0.717) is 6.54 Å². The summed E-state index contributed by atoms with van der Waals surface area (Å²) < 4.78 is 5.86. The lowest BCUT2D eigenvalue weighted by atomic mass is 10.1. The van der Waals surface area contributed by atoms with Gasteiger partial charge in [-0.2, -0.15) is 0 Å². The van der Waals surface area contributed by atoms with Crippen LogP contribution in [0.25, 0.3) is 11.0 Å². The van der Waals surface area contributed by atoms with Crippen LogP contribution in [0.1, 0.15) is 39.5 Å². The fraction of sp³-hybridized carbons (Fsp3) is 0.474. The molecule has 25 heavy (non-hydrogen) atoms. The summed E-state index contributed by atoms with van der Waals surface area (Å²) in [5.74, 6) is 0.268. The lowest BCUT2D eigenvalue weighted by Gasteiger charge is -2.27. The van der Waals surface area contributed by atoms with Crippen molar-refractivity contribution < 1.29 is 14.0 Å². The predicted octanol–water partition coefficient (Wildman–Crippen LogP) is 2.44. The Morgan fingerprint density at radius 1 is 1.24 bits per heavy atom. The molecule has 0 aliphatic heterocycles. The van der Waals surface area contributed by atoms with Crippen molar-refractivity contribution in [1.29, 1.82) is 0 Å². The molecule has 0 bridgehead atoms. The fourth-order valence-electron chi connectivity index (χ4n) is 2.71. The molecule has 1 aromatic heterocycles. The number of nitrogens with zero attached hydrogens (tertiary/aromatic N) is 1. The zero-order chi connectivity index (χ0) is 18.6. The zero-order valence-corrected chi connectivity index (χ0v) is 15.3. The van der Waals surface area contributed by atoms with E-state index in [-0.39, 0.29) is 30.3 Å². The maximum absolute atomic E-state index is 12.5. The molecular weight excluding hydrogens is 318 g/mol. The Labute approximate surface area is 148 Å². The topological polar surface area (TPSA) is 88.6 Å². The smallest absolute Gasteiger partial charge is 0.242 e. The minimum Gasteiger partial charge on any atom is -0.459 e. The summed E-state index contributed by atoms with van der Waals surface area (Å²) in [5, 5.41) is 3.63. The number of rotatable bonds is 7. The number of likely N-dealkylation sites (N-methyl/N-ethyl adjacent to an activating group) is 1. The van der Waals surface area contributed by atoms with Crippen LogP contribution in [0.2, 0.25) is 0 Å². The summed E-state index contributed by atoms with van der Waals surface area (Å²) in [6.45, 7) is 8.00. The molecule has 0 saturated heterocycles. The number of carbonyl (C=O) groups excluding carboxylic acids is 2. The predicted molar refractivity (Wildman–Crippen MR) is 97.8 cm³/mol. The largest absolute Gasteiger partial charge is 0.459 e. The van der Waals surface area contributed by atoms with Crippen LogP contribution in [0.15, 0.2) is 34.7 Å². The van der Waals surface area contributed by atoms with E-state index in [0.717, 1.165) is 16.7 Å². The number of carbonyl (C=O) groups is 2. The average molecular weight is 345 g/mol. The number of hydrogen-bond donors (Lipinski definition) is 2. The second-order valence-electron chi connectivity index (χ2n) is 6.53. The number of nitrogens with two attached hydrogens (primary N) is 1. The van der Waals surface area contributed by atoms with Crippen LogP contribution in [0.3, 0.4) is 0 Å². The van der Waals surface area contributed by atoms with Gasteiger partial charge in [-0.05, 0) is 31.9 Å². The lowest BCUT2D eigenvalue weighted by Crippen LogP contribution is -2.48. The molecule has 0 saturated carbocycles. The zero-order valence-electron chi connectivity index (χ0n) is 15.3. The third-order valence-electron chi connectivity index (χ3n) is 4.42. The molecule has 6 heteroatoms. The number of nitrogens with one attached hydrogen (secondary N) is 1. The second-order valence-corrected chi connectivity index (χ2v) is 6.53. The van der Waals surface area contributed by atoms with Gasteiger partial charge in [-0.25, -0.2) is 0 Å². The van der Waals surface area contributed by atoms with Gasteiger partial charge in [0.2, 0.25) is 11.8 Å². The third-order valence-corrected chi connectivity index (χ3v) is 4.42. The Kier molecular flexibility index (Phi) is 6.20. The van der Waals surface area contributed by atoms with E-state index in [1.165, 1.54) is 0 Å². The second kappa shape index (κ2) is 8.16. The van der Waals surface area contributed by atoms with Gasteiger partial charge in [0.25, 0.3) is 0 Å². The molecule has 0 aliphatic rings. The summed E-state index contributed by atoms with van der Waals surface area (Å²) in [5.41, 5.74) is 6.59. The SMILES string of the molecule is CCN(C(=O)CNC(=O)[C@@H](N)C(C)C)C(C)c1cc2ccccc2o1. The van der Waals surface area contributed by atoms with E-state index < -0.39 is 6.04 Å². The first-order chi connectivity index (χ1) is 11.8. The van der Waals surface area contributed by atoms with E-state index in [4.69, 9.17) is 10.2 Å². The van der Waals surface area contributed by atoms with Crippen molar-refractivity contribution in [2.24, 2.45) is 11.7 Å². The van der Waals surface area contributed by atoms with Gasteiger partial charge in [-0.3, -0.25) is 9.59 Å². The highest BCUT2D eigenvalue weighted by atomic mass is 16.3. The first-order valence-corrected chi connectivity index (χ1v) is 8.66. The van der Waals surface area contributed by atoms with Crippen LogP contribution in [0.5, 0.6) is 0 Å². The number of para-hydroxylation sites is 1. The maximum Gasteiger partial charge on any atom is 0.242 e. The molecule has 6 nitrogen and oxygen atoms in total. The van der Waals surface area contributed by atoms with Crippen molar-refractivity contribution in [2.75, 3.05) is 13.1 Å². The standard InChI is InChI=1S/C19H27N3O3/c1-5-22(17(23)11-21-19(24)18(20)12(2)3)13(4)16-10-14-8-6-7-9-15(14)25-16/h6-10,12-13,18H,5,11,20H2,1-4H3,(H,21,24)/t13?,18-/m0/s1. The Morgan fingerprint density at radius 3 is 2.52 bits per heavy atom. The van der Waals surface area contributed by atoms with Gasteiger partial charge in [0.15, 0.2) is 0 Å².